The molecule has 0 saturated carbocycles. The molecule has 0 unspecified atom stereocenters. The van der Waals surface area contributed by atoms with Crippen molar-refractivity contribution >= 4 is 23.3 Å². The molecule has 0 aliphatic rings. The maximum Gasteiger partial charge on any atom is 0.270 e. The lowest BCUT2D eigenvalue weighted by atomic mass is 10.1. The first kappa shape index (κ1) is 19.8. The average molecular weight is 395 g/mol. The molecular weight excluding hydrogens is 372 g/mol. The third kappa shape index (κ3) is 5.79. The number of hydrogen-bond acceptors (Lipinski definition) is 4. The van der Waals surface area contributed by atoms with Crippen molar-refractivity contribution in [2.75, 3.05) is 11.9 Å². The largest absolute Gasteiger partial charge is 0.370 e. The molecule has 1 aromatic heterocycles. The number of nitrogens with one attached hydrogen (secondary N) is 2. The molecule has 0 atom stereocenters. The second-order valence-corrected chi connectivity index (χ2v) is 7.10. The van der Waals surface area contributed by atoms with E-state index in [2.05, 4.69) is 26.7 Å². The van der Waals surface area contributed by atoms with Crippen LogP contribution in [0.4, 0.5) is 5.82 Å². The van der Waals surface area contributed by atoms with Gasteiger partial charge in [-0.25, -0.2) is 9.97 Å². The number of hydrogen-bond donors (Lipinski definition) is 2. The summed E-state index contributed by atoms with van der Waals surface area (Å²) < 4.78 is 0. The summed E-state index contributed by atoms with van der Waals surface area (Å²) in [5.74, 6) is 0.979. The number of carbonyl (C=O) groups is 1. The van der Waals surface area contributed by atoms with Crippen molar-refractivity contribution in [1.29, 1.82) is 0 Å². The Kier molecular flexibility index (Phi) is 6.61. The summed E-state index contributed by atoms with van der Waals surface area (Å²) in [6.45, 7) is 4.97. The van der Waals surface area contributed by atoms with Gasteiger partial charge in [-0.15, -0.1) is 0 Å². The first-order valence-corrected chi connectivity index (χ1v) is 9.55. The van der Waals surface area contributed by atoms with Gasteiger partial charge in [-0.05, 0) is 43.5 Å². The molecule has 2 aromatic carbocycles. The van der Waals surface area contributed by atoms with Gasteiger partial charge in [0.2, 0.25) is 0 Å². The number of carbonyl (C=O) groups excluding carboxylic acids is 1. The summed E-state index contributed by atoms with van der Waals surface area (Å²) in [6, 6.07) is 17.5. The fraction of sp³-hybridized carbons (Fsp3) is 0.227. The minimum absolute atomic E-state index is 0.215. The molecule has 1 heterocycles. The van der Waals surface area contributed by atoms with E-state index in [1.165, 1.54) is 5.56 Å². The number of aryl methyl sites for hydroxylation is 2. The van der Waals surface area contributed by atoms with Crippen LogP contribution in [0.25, 0.3) is 0 Å². The molecule has 0 radical (unpaired) electrons. The zero-order valence-corrected chi connectivity index (χ0v) is 16.8. The van der Waals surface area contributed by atoms with Crippen LogP contribution >= 0.6 is 11.6 Å². The van der Waals surface area contributed by atoms with E-state index in [0.29, 0.717) is 30.4 Å². The van der Waals surface area contributed by atoms with Crippen molar-refractivity contribution in [3.05, 3.63) is 87.8 Å². The molecule has 0 fully saturated rings. The van der Waals surface area contributed by atoms with Crippen molar-refractivity contribution in [3.8, 4) is 0 Å². The van der Waals surface area contributed by atoms with Crippen LogP contribution in [0.2, 0.25) is 5.02 Å². The van der Waals surface area contributed by atoms with Crippen molar-refractivity contribution < 1.29 is 4.79 Å². The van der Waals surface area contributed by atoms with Crippen molar-refractivity contribution in [2.45, 2.75) is 26.8 Å². The van der Waals surface area contributed by atoms with Gasteiger partial charge in [0.1, 0.15) is 17.3 Å². The Morgan fingerprint density at radius 1 is 1.00 bits per heavy atom. The molecule has 144 valence electrons. The SMILES string of the molecule is Cc1cccc(CNC(=O)c2cc(NCCc3ccc(Cl)cc3)nc(C)n2)c1. The minimum atomic E-state index is -0.215. The van der Waals surface area contributed by atoms with Gasteiger partial charge in [-0.1, -0.05) is 53.6 Å². The van der Waals surface area contributed by atoms with E-state index in [-0.39, 0.29) is 5.91 Å². The minimum Gasteiger partial charge on any atom is -0.370 e. The third-order valence-corrected chi connectivity index (χ3v) is 4.49. The number of aromatic nitrogens is 2. The lowest BCUT2D eigenvalue weighted by Gasteiger charge is -2.10. The summed E-state index contributed by atoms with van der Waals surface area (Å²) in [5.41, 5.74) is 3.75. The Bertz CT molecular complexity index is 957. The van der Waals surface area contributed by atoms with E-state index in [1.54, 1.807) is 13.0 Å². The summed E-state index contributed by atoms with van der Waals surface area (Å²) in [4.78, 5) is 21.1. The molecule has 28 heavy (non-hydrogen) atoms. The van der Waals surface area contributed by atoms with Gasteiger partial charge in [0.15, 0.2) is 0 Å². The van der Waals surface area contributed by atoms with Crippen LogP contribution in [0.15, 0.2) is 54.6 Å². The highest BCUT2D eigenvalue weighted by Crippen LogP contribution is 2.11. The van der Waals surface area contributed by atoms with Crippen LogP contribution in [0, 0.1) is 13.8 Å². The van der Waals surface area contributed by atoms with Crippen LogP contribution in [0.3, 0.4) is 0 Å². The number of nitrogens with zero attached hydrogens (tertiary/aromatic N) is 2. The second kappa shape index (κ2) is 9.33. The quantitative estimate of drug-likeness (QED) is 0.625. The molecule has 2 N–H and O–H groups in total. The van der Waals surface area contributed by atoms with E-state index in [4.69, 9.17) is 11.6 Å². The molecule has 0 spiro atoms. The molecule has 0 aliphatic heterocycles. The number of benzene rings is 2. The summed E-state index contributed by atoms with van der Waals surface area (Å²) in [5, 5.41) is 6.90. The molecule has 3 aromatic rings. The number of amides is 1. The molecule has 0 saturated heterocycles. The maximum absolute atomic E-state index is 12.5. The Morgan fingerprint density at radius 3 is 2.54 bits per heavy atom. The van der Waals surface area contributed by atoms with Crippen molar-refractivity contribution in [3.63, 3.8) is 0 Å². The predicted molar refractivity (Wildman–Crippen MR) is 113 cm³/mol. The monoisotopic (exact) mass is 394 g/mol. The Morgan fingerprint density at radius 2 is 1.79 bits per heavy atom. The van der Waals surface area contributed by atoms with E-state index < -0.39 is 0 Å². The Labute approximate surface area is 170 Å². The lowest BCUT2D eigenvalue weighted by molar-refractivity contribution is 0.0945. The van der Waals surface area contributed by atoms with Gasteiger partial charge in [0.05, 0.1) is 0 Å². The predicted octanol–water partition coefficient (Wildman–Crippen LogP) is 4.33. The smallest absolute Gasteiger partial charge is 0.270 e. The highest BCUT2D eigenvalue weighted by Gasteiger charge is 2.10. The number of anilines is 1. The van der Waals surface area contributed by atoms with Crippen molar-refractivity contribution in [1.82, 2.24) is 15.3 Å². The Balaban J connectivity index is 1.58. The molecular formula is C22H23ClN4O. The standard InChI is InChI=1S/C22H23ClN4O/c1-15-4-3-5-18(12-15)14-25-22(28)20-13-21(27-16(2)26-20)24-11-10-17-6-8-19(23)9-7-17/h3-9,12-13H,10-11,14H2,1-2H3,(H,25,28)(H,24,26,27). The van der Waals surface area contributed by atoms with Gasteiger partial charge < -0.3 is 10.6 Å². The average Bonchev–Trinajstić information content (AvgIpc) is 2.67. The fourth-order valence-electron chi connectivity index (χ4n) is 2.86. The summed E-state index contributed by atoms with van der Waals surface area (Å²) in [6.07, 6.45) is 0.828. The molecule has 5 nitrogen and oxygen atoms in total. The fourth-order valence-corrected chi connectivity index (χ4v) is 2.98. The molecule has 3 rings (SSSR count). The summed E-state index contributed by atoms with van der Waals surface area (Å²) >= 11 is 5.91. The highest BCUT2D eigenvalue weighted by molar-refractivity contribution is 6.30. The summed E-state index contributed by atoms with van der Waals surface area (Å²) in [7, 11) is 0. The van der Waals surface area contributed by atoms with Crippen LogP contribution in [-0.4, -0.2) is 22.4 Å². The maximum atomic E-state index is 12.5. The van der Waals surface area contributed by atoms with Crippen LogP contribution in [-0.2, 0) is 13.0 Å². The second-order valence-electron chi connectivity index (χ2n) is 6.66. The Hall–Kier alpha value is -2.92. The van der Waals surface area contributed by atoms with Gasteiger partial charge in [-0.3, -0.25) is 4.79 Å². The van der Waals surface area contributed by atoms with Crippen molar-refractivity contribution in [2.24, 2.45) is 0 Å². The molecule has 6 heteroatoms. The van der Waals surface area contributed by atoms with Gasteiger partial charge in [-0.2, -0.15) is 0 Å². The molecule has 1 amide bonds. The zero-order chi connectivity index (χ0) is 19.9. The van der Waals surface area contributed by atoms with E-state index in [1.807, 2.05) is 49.4 Å². The normalized spacial score (nSPS) is 10.5. The van der Waals surface area contributed by atoms with Crippen LogP contribution in [0.5, 0.6) is 0 Å². The first-order chi connectivity index (χ1) is 13.5. The molecule has 0 aliphatic carbocycles. The van der Waals surface area contributed by atoms with E-state index in [9.17, 15) is 4.79 Å². The van der Waals surface area contributed by atoms with Gasteiger partial charge >= 0.3 is 0 Å². The zero-order valence-electron chi connectivity index (χ0n) is 16.0. The highest BCUT2D eigenvalue weighted by atomic mass is 35.5. The third-order valence-electron chi connectivity index (χ3n) is 4.24. The van der Waals surface area contributed by atoms with Crippen LogP contribution in [0.1, 0.15) is 33.0 Å². The first-order valence-electron chi connectivity index (χ1n) is 9.17. The van der Waals surface area contributed by atoms with Gasteiger partial charge in [0.25, 0.3) is 5.91 Å². The van der Waals surface area contributed by atoms with E-state index in [0.717, 1.165) is 22.6 Å². The number of rotatable bonds is 7. The topological polar surface area (TPSA) is 66.9 Å². The molecule has 0 bridgehead atoms. The number of halogens is 1. The van der Waals surface area contributed by atoms with Gasteiger partial charge in [0, 0.05) is 24.2 Å². The van der Waals surface area contributed by atoms with Crippen LogP contribution < -0.4 is 10.6 Å². The lowest BCUT2D eigenvalue weighted by Crippen LogP contribution is -2.24. The van der Waals surface area contributed by atoms with E-state index >= 15 is 0 Å².